The second kappa shape index (κ2) is 7.10. The van der Waals surface area contributed by atoms with E-state index >= 15 is 0 Å². The van der Waals surface area contributed by atoms with Crippen LogP contribution in [0.1, 0.15) is 24.8 Å². The topological polar surface area (TPSA) is 105 Å². The Labute approximate surface area is 113 Å². The molecule has 0 fully saturated rings. The molecule has 0 heterocycles. The van der Waals surface area contributed by atoms with Gasteiger partial charge in [0.2, 0.25) is 10.0 Å². The first-order valence-corrected chi connectivity index (χ1v) is 7.47. The highest BCUT2D eigenvalue weighted by molar-refractivity contribution is 7.89. The summed E-state index contributed by atoms with van der Waals surface area (Å²) in [5.74, 6) is 0.154. The third kappa shape index (κ3) is 5.27. The number of nitrogens with two attached hydrogens (primary N) is 1. The number of sulfonamides is 1. The molecule has 0 atom stereocenters. The second-order valence-electron chi connectivity index (χ2n) is 4.26. The SMILES string of the molecule is Cc1cccc(S(=O)(=O)NCCCCC(N)=NO)c1. The molecule has 0 saturated heterocycles. The van der Waals surface area contributed by atoms with E-state index in [1.54, 1.807) is 18.2 Å². The number of unbranched alkanes of at least 4 members (excludes halogenated alkanes) is 1. The van der Waals surface area contributed by atoms with Crippen molar-refractivity contribution in [2.45, 2.75) is 31.1 Å². The molecule has 0 amide bonds. The molecule has 0 unspecified atom stereocenters. The van der Waals surface area contributed by atoms with Gasteiger partial charge in [0.1, 0.15) is 5.84 Å². The molecule has 1 rings (SSSR count). The second-order valence-corrected chi connectivity index (χ2v) is 6.03. The maximum atomic E-state index is 11.9. The summed E-state index contributed by atoms with van der Waals surface area (Å²) in [5, 5.41) is 11.2. The van der Waals surface area contributed by atoms with Crippen LogP contribution in [0.5, 0.6) is 0 Å². The fraction of sp³-hybridized carbons (Fsp3) is 0.417. The lowest BCUT2D eigenvalue weighted by molar-refractivity contribution is 0.316. The first-order valence-electron chi connectivity index (χ1n) is 5.98. The Kier molecular flexibility index (Phi) is 5.78. The van der Waals surface area contributed by atoms with Gasteiger partial charge in [0, 0.05) is 13.0 Å². The summed E-state index contributed by atoms with van der Waals surface area (Å²) in [4.78, 5) is 0.268. The summed E-state index contributed by atoms with van der Waals surface area (Å²) >= 11 is 0. The van der Waals surface area contributed by atoms with Gasteiger partial charge in [0.15, 0.2) is 0 Å². The van der Waals surface area contributed by atoms with Gasteiger partial charge < -0.3 is 10.9 Å². The summed E-state index contributed by atoms with van der Waals surface area (Å²) in [7, 11) is -3.45. The Hall–Kier alpha value is -1.60. The van der Waals surface area contributed by atoms with E-state index in [-0.39, 0.29) is 10.7 Å². The Bertz CT molecular complexity index is 541. The van der Waals surface area contributed by atoms with Crippen LogP contribution in [0.2, 0.25) is 0 Å². The van der Waals surface area contributed by atoms with Gasteiger partial charge in [0.05, 0.1) is 4.90 Å². The molecule has 7 heteroatoms. The fourth-order valence-electron chi connectivity index (χ4n) is 1.55. The van der Waals surface area contributed by atoms with Crippen LogP contribution in [0.4, 0.5) is 0 Å². The molecule has 106 valence electrons. The minimum Gasteiger partial charge on any atom is -0.409 e. The smallest absolute Gasteiger partial charge is 0.240 e. The monoisotopic (exact) mass is 285 g/mol. The molecule has 19 heavy (non-hydrogen) atoms. The fourth-order valence-corrected chi connectivity index (χ4v) is 2.73. The molecule has 0 aliphatic carbocycles. The van der Waals surface area contributed by atoms with Crippen molar-refractivity contribution in [1.29, 1.82) is 0 Å². The van der Waals surface area contributed by atoms with Crippen LogP contribution in [0.25, 0.3) is 0 Å². The standard InChI is InChI=1S/C12H19N3O3S/c1-10-5-4-6-11(9-10)19(17,18)14-8-3-2-7-12(13)15-16/h4-6,9,14,16H,2-3,7-8H2,1H3,(H2,13,15). The van der Waals surface area contributed by atoms with Gasteiger partial charge in [-0.1, -0.05) is 17.3 Å². The number of oxime groups is 1. The summed E-state index contributed by atoms with van der Waals surface area (Å²) in [6, 6.07) is 6.74. The van der Waals surface area contributed by atoms with Crippen molar-refractivity contribution in [3.05, 3.63) is 29.8 Å². The molecule has 1 aromatic rings. The van der Waals surface area contributed by atoms with Crippen molar-refractivity contribution in [2.24, 2.45) is 10.9 Å². The number of hydrogen-bond acceptors (Lipinski definition) is 4. The number of nitrogens with zero attached hydrogens (tertiary/aromatic N) is 1. The number of aryl methyl sites for hydroxylation is 1. The highest BCUT2D eigenvalue weighted by Crippen LogP contribution is 2.10. The lowest BCUT2D eigenvalue weighted by atomic mass is 10.2. The zero-order chi connectivity index (χ0) is 14.3. The van der Waals surface area contributed by atoms with E-state index in [0.29, 0.717) is 25.8 Å². The highest BCUT2D eigenvalue weighted by Gasteiger charge is 2.12. The molecule has 4 N–H and O–H groups in total. The largest absolute Gasteiger partial charge is 0.409 e. The van der Waals surface area contributed by atoms with Crippen LogP contribution in [-0.4, -0.2) is 26.0 Å². The highest BCUT2D eigenvalue weighted by atomic mass is 32.2. The third-order valence-electron chi connectivity index (χ3n) is 2.58. The van der Waals surface area contributed by atoms with E-state index in [0.717, 1.165) is 5.56 Å². The average molecular weight is 285 g/mol. The van der Waals surface area contributed by atoms with Gasteiger partial charge in [-0.15, -0.1) is 0 Å². The van der Waals surface area contributed by atoms with Crippen LogP contribution in [-0.2, 0) is 10.0 Å². The molecule has 0 aliphatic rings. The molecule has 0 aliphatic heterocycles. The van der Waals surface area contributed by atoms with Crippen molar-refractivity contribution in [3.8, 4) is 0 Å². The first kappa shape index (κ1) is 15.5. The molecule has 0 radical (unpaired) electrons. The number of benzene rings is 1. The summed E-state index contributed by atoms with van der Waals surface area (Å²) < 4.78 is 26.4. The quantitative estimate of drug-likeness (QED) is 0.230. The summed E-state index contributed by atoms with van der Waals surface area (Å²) in [5.41, 5.74) is 6.21. The van der Waals surface area contributed by atoms with Crippen LogP contribution in [0, 0.1) is 6.92 Å². The molecule has 1 aromatic carbocycles. The van der Waals surface area contributed by atoms with Gasteiger partial charge in [-0.2, -0.15) is 0 Å². The Morgan fingerprint density at radius 2 is 2.16 bits per heavy atom. The maximum absolute atomic E-state index is 11.9. The minimum atomic E-state index is -3.45. The lowest BCUT2D eigenvalue weighted by Crippen LogP contribution is -2.25. The summed E-state index contributed by atoms with van der Waals surface area (Å²) in [6.07, 6.45) is 1.73. The normalized spacial score (nSPS) is 12.6. The van der Waals surface area contributed by atoms with Crippen molar-refractivity contribution >= 4 is 15.9 Å². The molecule has 0 aromatic heterocycles. The van der Waals surface area contributed by atoms with Gasteiger partial charge in [0.25, 0.3) is 0 Å². The number of amidine groups is 1. The molecule has 6 nitrogen and oxygen atoms in total. The molecule has 0 saturated carbocycles. The molecular formula is C12H19N3O3S. The molecule has 0 spiro atoms. The van der Waals surface area contributed by atoms with Crippen LogP contribution < -0.4 is 10.5 Å². The van der Waals surface area contributed by atoms with Gasteiger partial charge in [-0.25, -0.2) is 13.1 Å². The Morgan fingerprint density at radius 1 is 1.42 bits per heavy atom. The number of rotatable bonds is 7. The molecule has 0 bridgehead atoms. The van der Waals surface area contributed by atoms with Gasteiger partial charge in [-0.05, 0) is 37.5 Å². The lowest BCUT2D eigenvalue weighted by Gasteiger charge is -2.07. The predicted molar refractivity (Wildman–Crippen MR) is 73.6 cm³/mol. The van der Waals surface area contributed by atoms with Crippen molar-refractivity contribution < 1.29 is 13.6 Å². The predicted octanol–water partition coefficient (Wildman–Crippen LogP) is 1.19. The van der Waals surface area contributed by atoms with Crippen molar-refractivity contribution in [2.75, 3.05) is 6.54 Å². The van der Waals surface area contributed by atoms with Crippen LogP contribution in [0.3, 0.4) is 0 Å². The van der Waals surface area contributed by atoms with E-state index in [2.05, 4.69) is 9.88 Å². The zero-order valence-corrected chi connectivity index (χ0v) is 11.7. The van der Waals surface area contributed by atoms with E-state index in [9.17, 15) is 8.42 Å². The maximum Gasteiger partial charge on any atom is 0.240 e. The third-order valence-corrected chi connectivity index (χ3v) is 4.04. The zero-order valence-electron chi connectivity index (χ0n) is 10.8. The number of hydrogen-bond donors (Lipinski definition) is 3. The van der Waals surface area contributed by atoms with Crippen molar-refractivity contribution in [3.63, 3.8) is 0 Å². The molecular weight excluding hydrogens is 266 g/mol. The Balaban J connectivity index is 2.44. The van der Waals surface area contributed by atoms with E-state index < -0.39 is 10.0 Å². The van der Waals surface area contributed by atoms with E-state index in [4.69, 9.17) is 10.9 Å². The average Bonchev–Trinajstić information content (AvgIpc) is 2.38. The van der Waals surface area contributed by atoms with Gasteiger partial charge >= 0.3 is 0 Å². The van der Waals surface area contributed by atoms with E-state index in [1.807, 2.05) is 13.0 Å². The van der Waals surface area contributed by atoms with Crippen LogP contribution >= 0.6 is 0 Å². The van der Waals surface area contributed by atoms with Gasteiger partial charge in [-0.3, -0.25) is 0 Å². The summed E-state index contributed by atoms with van der Waals surface area (Å²) in [6.45, 7) is 2.17. The van der Waals surface area contributed by atoms with Crippen molar-refractivity contribution in [1.82, 2.24) is 4.72 Å². The van der Waals surface area contributed by atoms with E-state index in [1.165, 1.54) is 0 Å². The first-order chi connectivity index (χ1) is 8.95. The van der Waals surface area contributed by atoms with Crippen LogP contribution in [0.15, 0.2) is 34.3 Å². The minimum absolute atomic E-state index is 0.154. The number of nitrogens with one attached hydrogen (secondary N) is 1. The Morgan fingerprint density at radius 3 is 2.79 bits per heavy atom.